The molecule has 0 atom stereocenters. The van der Waals surface area contributed by atoms with Gasteiger partial charge in [-0.3, -0.25) is 0 Å². The number of carboxylic acids is 1. The lowest BCUT2D eigenvalue weighted by Crippen LogP contribution is -1.97. The molecule has 0 radical (unpaired) electrons. The van der Waals surface area contributed by atoms with Crippen LogP contribution < -0.4 is 0 Å². The van der Waals surface area contributed by atoms with Crippen LogP contribution in [0.2, 0.25) is 0 Å². The van der Waals surface area contributed by atoms with Gasteiger partial charge < -0.3 is 10.2 Å². The van der Waals surface area contributed by atoms with E-state index in [1.165, 1.54) is 6.07 Å². The summed E-state index contributed by atoms with van der Waals surface area (Å²) in [6, 6.07) is 11.4. The molecule has 19 heavy (non-hydrogen) atoms. The molecule has 0 aromatic heterocycles. The van der Waals surface area contributed by atoms with Crippen molar-refractivity contribution < 1.29 is 15.0 Å². The van der Waals surface area contributed by atoms with Gasteiger partial charge in [-0.1, -0.05) is 11.8 Å². The smallest absolute Gasteiger partial charge is 0.335 e. The van der Waals surface area contributed by atoms with E-state index in [-0.39, 0.29) is 11.3 Å². The number of aromatic hydroxyl groups is 1. The van der Waals surface area contributed by atoms with E-state index in [1.54, 1.807) is 36.4 Å². The van der Waals surface area contributed by atoms with Crippen LogP contribution in [0.25, 0.3) is 0 Å². The molecule has 0 heterocycles. The molecule has 0 saturated carbocycles. The highest BCUT2D eigenvalue weighted by atomic mass is 16.4. The van der Waals surface area contributed by atoms with Crippen molar-refractivity contribution in [3.63, 3.8) is 0 Å². The number of rotatable bonds is 1. The van der Waals surface area contributed by atoms with Crippen LogP contribution in [-0.2, 0) is 0 Å². The van der Waals surface area contributed by atoms with E-state index in [0.717, 1.165) is 16.7 Å². The summed E-state index contributed by atoms with van der Waals surface area (Å²) in [5.41, 5.74) is 2.66. The Morgan fingerprint density at radius 3 is 2.32 bits per heavy atom. The normalized spacial score (nSPS) is 9.53. The van der Waals surface area contributed by atoms with Crippen molar-refractivity contribution in [1.82, 2.24) is 0 Å². The van der Waals surface area contributed by atoms with Gasteiger partial charge in [0, 0.05) is 11.1 Å². The van der Waals surface area contributed by atoms with E-state index in [9.17, 15) is 4.79 Å². The SMILES string of the molecule is Cc1cc(C(=O)O)ccc1C#Cc1ccc(O)cc1. The number of carbonyl (C=O) groups is 1. The second-order valence-electron chi connectivity index (χ2n) is 4.13. The number of carboxylic acid groups (broad SMARTS) is 1. The van der Waals surface area contributed by atoms with Gasteiger partial charge in [-0.25, -0.2) is 4.79 Å². The molecule has 0 saturated heterocycles. The Balaban J connectivity index is 2.29. The molecule has 0 aliphatic heterocycles. The molecule has 3 heteroatoms. The largest absolute Gasteiger partial charge is 0.508 e. The predicted octanol–water partition coefficient (Wildman–Crippen LogP) is 2.80. The zero-order valence-corrected chi connectivity index (χ0v) is 10.3. The number of phenols is 1. The van der Waals surface area contributed by atoms with Crippen molar-refractivity contribution in [2.75, 3.05) is 0 Å². The topological polar surface area (TPSA) is 57.5 Å². The Morgan fingerprint density at radius 2 is 1.74 bits per heavy atom. The summed E-state index contributed by atoms with van der Waals surface area (Å²) in [5, 5.41) is 18.0. The van der Waals surface area contributed by atoms with E-state index in [2.05, 4.69) is 11.8 Å². The quantitative estimate of drug-likeness (QED) is 0.767. The van der Waals surface area contributed by atoms with Crippen molar-refractivity contribution in [2.45, 2.75) is 6.92 Å². The summed E-state index contributed by atoms with van der Waals surface area (Å²) in [4.78, 5) is 10.8. The molecule has 0 amide bonds. The number of hydrogen-bond acceptors (Lipinski definition) is 2. The number of hydrogen-bond donors (Lipinski definition) is 2. The fraction of sp³-hybridized carbons (Fsp3) is 0.0625. The van der Waals surface area contributed by atoms with Gasteiger partial charge in [0.15, 0.2) is 0 Å². The van der Waals surface area contributed by atoms with E-state index < -0.39 is 5.97 Å². The van der Waals surface area contributed by atoms with E-state index >= 15 is 0 Å². The maximum atomic E-state index is 10.8. The molecule has 2 rings (SSSR count). The van der Waals surface area contributed by atoms with Gasteiger partial charge >= 0.3 is 5.97 Å². The highest BCUT2D eigenvalue weighted by Gasteiger charge is 2.03. The third-order valence-electron chi connectivity index (χ3n) is 2.68. The Hall–Kier alpha value is -2.73. The summed E-state index contributed by atoms with van der Waals surface area (Å²) < 4.78 is 0. The standard InChI is InChI=1S/C16H12O3/c1-11-10-14(16(18)19)7-6-13(11)5-2-12-3-8-15(17)9-4-12/h3-4,6-10,17H,1H3,(H,18,19). The van der Waals surface area contributed by atoms with Crippen LogP contribution in [0.4, 0.5) is 0 Å². The van der Waals surface area contributed by atoms with Gasteiger partial charge in [-0.15, -0.1) is 0 Å². The van der Waals surface area contributed by atoms with Gasteiger partial charge in [0.25, 0.3) is 0 Å². The zero-order chi connectivity index (χ0) is 13.8. The lowest BCUT2D eigenvalue weighted by Gasteiger charge is -2.00. The van der Waals surface area contributed by atoms with Crippen molar-refractivity contribution in [1.29, 1.82) is 0 Å². The van der Waals surface area contributed by atoms with Gasteiger partial charge in [-0.2, -0.15) is 0 Å². The molecule has 0 spiro atoms. The fourth-order valence-corrected chi connectivity index (χ4v) is 1.62. The van der Waals surface area contributed by atoms with Crippen molar-refractivity contribution in [3.05, 3.63) is 64.7 Å². The van der Waals surface area contributed by atoms with Gasteiger partial charge in [-0.05, 0) is 55.0 Å². The molecule has 2 aromatic rings. The van der Waals surface area contributed by atoms with E-state index in [0.29, 0.717) is 0 Å². The molecule has 3 nitrogen and oxygen atoms in total. The maximum Gasteiger partial charge on any atom is 0.335 e. The Labute approximate surface area is 111 Å². The number of aryl methyl sites for hydroxylation is 1. The van der Waals surface area contributed by atoms with Crippen LogP contribution in [0.3, 0.4) is 0 Å². The second-order valence-corrected chi connectivity index (χ2v) is 4.13. The van der Waals surface area contributed by atoms with Crippen LogP contribution in [0.1, 0.15) is 27.0 Å². The van der Waals surface area contributed by atoms with Crippen LogP contribution in [0.15, 0.2) is 42.5 Å². The first-order chi connectivity index (χ1) is 9.06. The minimum Gasteiger partial charge on any atom is -0.508 e. The number of benzene rings is 2. The fourth-order valence-electron chi connectivity index (χ4n) is 1.62. The first kappa shape index (κ1) is 12.7. The molecule has 0 aliphatic carbocycles. The van der Waals surface area contributed by atoms with Crippen LogP contribution >= 0.6 is 0 Å². The summed E-state index contributed by atoms with van der Waals surface area (Å²) in [7, 11) is 0. The Morgan fingerprint density at radius 1 is 1.05 bits per heavy atom. The monoisotopic (exact) mass is 252 g/mol. The highest BCUT2D eigenvalue weighted by Crippen LogP contribution is 2.11. The molecule has 0 aliphatic rings. The summed E-state index contributed by atoms with van der Waals surface area (Å²) in [6.07, 6.45) is 0. The molecule has 0 bridgehead atoms. The molecule has 2 N–H and O–H groups in total. The molecular formula is C16H12O3. The third kappa shape index (κ3) is 3.14. The van der Waals surface area contributed by atoms with Gasteiger partial charge in [0.2, 0.25) is 0 Å². The third-order valence-corrected chi connectivity index (χ3v) is 2.68. The summed E-state index contributed by atoms with van der Waals surface area (Å²) >= 11 is 0. The van der Waals surface area contributed by atoms with Crippen molar-refractivity contribution in [3.8, 4) is 17.6 Å². The van der Waals surface area contributed by atoms with E-state index in [4.69, 9.17) is 10.2 Å². The Bertz CT molecular complexity index is 673. The van der Waals surface area contributed by atoms with Crippen LogP contribution in [0.5, 0.6) is 5.75 Å². The molecule has 2 aromatic carbocycles. The van der Waals surface area contributed by atoms with Crippen molar-refractivity contribution in [2.24, 2.45) is 0 Å². The molecule has 94 valence electrons. The summed E-state index contributed by atoms with van der Waals surface area (Å²) in [6.45, 7) is 1.83. The average molecular weight is 252 g/mol. The maximum absolute atomic E-state index is 10.8. The predicted molar refractivity (Wildman–Crippen MR) is 72.2 cm³/mol. The van der Waals surface area contributed by atoms with Crippen molar-refractivity contribution >= 4 is 5.97 Å². The lowest BCUT2D eigenvalue weighted by molar-refractivity contribution is 0.0697. The molecule has 0 fully saturated rings. The minimum absolute atomic E-state index is 0.201. The van der Waals surface area contributed by atoms with Gasteiger partial charge in [0.05, 0.1) is 5.56 Å². The molecule has 0 unspecified atom stereocenters. The number of phenolic OH excluding ortho intramolecular Hbond substituents is 1. The Kier molecular flexibility index (Phi) is 3.53. The van der Waals surface area contributed by atoms with Crippen LogP contribution in [-0.4, -0.2) is 16.2 Å². The number of aromatic carboxylic acids is 1. The second kappa shape index (κ2) is 5.28. The minimum atomic E-state index is -0.943. The lowest BCUT2D eigenvalue weighted by atomic mass is 10.0. The summed E-state index contributed by atoms with van der Waals surface area (Å²) in [5.74, 6) is 5.22. The van der Waals surface area contributed by atoms with Gasteiger partial charge in [0.1, 0.15) is 5.75 Å². The zero-order valence-electron chi connectivity index (χ0n) is 10.3. The average Bonchev–Trinajstić information content (AvgIpc) is 2.39. The highest BCUT2D eigenvalue weighted by molar-refractivity contribution is 5.88. The first-order valence-electron chi connectivity index (χ1n) is 5.71. The van der Waals surface area contributed by atoms with Crippen LogP contribution in [0, 0.1) is 18.8 Å². The molecular weight excluding hydrogens is 240 g/mol. The first-order valence-corrected chi connectivity index (χ1v) is 5.71. The van der Waals surface area contributed by atoms with E-state index in [1.807, 2.05) is 6.92 Å².